The Morgan fingerprint density at radius 1 is 0.933 bits per heavy atom. The zero-order valence-electron chi connectivity index (χ0n) is 15.1. The Balaban J connectivity index is 1.67. The largest absolute Gasteiger partial charge is 0.416 e. The molecule has 0 atom stereocenters. The molecule has 11 heteroatoms. The summed E-state index contributed by atoms with van der Waals surface area (Å²) in [7, 11) is 0. The summed E-state index contributed by atoms with van der Waals surface area (Å²) in [4.78, 5) is 15.9. The number of nitrogens with zero attached hydrogens (tertiary/aromatic N) is 2. The summed E-state index contributed by atoms with van der Waals surface area (Å²) in [5, 5.41) is 4.39. The summed E-state index contributed by atoms with van der Waals surface area (Å²) >= 11 is 0. The lowest BCUT2D eigenvalue weighted by atomic mass is 10.1. The number of alkyl halides is 6. The molecule has 0 aliphatic carbocycles. The number of rotatable bonds is 4. The van der Waals surface area contributed by atoms with Crippen molar-refractivity contribution in [2.24, 2.45) is 0 Å². The van der Waals surface area contributed by atoms with Crippen LogP contribution < -0.4 is 10.6 Å². The Morgan fingerprint density at radius 2 is 1.53 bits per heavy atom. The number of hydrogen-bond donors (Lipinski definition) is 2. The van der Waals surface area contributed by atoms with Gasteiger partial charge in [-0.15, -0.1) is 0 Å². The first-order valence-electron chi connectivity index (χ1n) is 8.44. The van der Waals surface area contributed by atoms with Gasteiger partial charge in [-0.25, -0.2) is 9.78 Å². The summed E-state index contributed by atoms with van der Waals surface area (Å²) in [6.07, 6.45) is -5.04. The predicted molar refractivity (Wildman–Crippen MR) is 95.9 cm³/mol. The molecule has 0 fully saturated rings. The highest BCUT2D eigenvalue weighted by Gasteiger charge is 2.37. The third-order valence-electron chi connectivity index (χ3n) is 4.04. The third kappa shape index (κ3) is 5.31. The average Bonchev–Trinajstić information content (AvgIpc) is 3.20. The number of aromatic nitrogens is 2. The van der Waals surface area contributed by atoms with E-state index >= 15 is 0 Å². The normalized spacial score (nSPS) is 11.9. The molecule has 0 radical (unpaired) electrons. The molecule has 3 rings (SSSR count). The molecule has 2 amide bonds. The Hall–Kier alpha value is -3.50. The van der Waals surface area contributed by atoms with Crippen LogP contribution in [0.4, 0.5) is 36.8 Å². The Kier molecular flexibility index (Phi) is 5.72. The van der Waals surface area contributed by atoms with Gasteiger partial charge in [-0.3, -0.25) is 0 Å². The van der Waals surface area contributed by atoms with Gasteiger partial charge in [0.15, 0.2) is 0 Å². The van der Waals surface area contributed by atoms with Crippen LogP contribution in [0.5, 0.6) is 0 Å². The quantitative estimate of drug-likeness (QED) is 0.559. The Labute approximate surface area is 166 Å². The summed E-state index contributed by atoms with van der Waals surface area (Å²) in [6, 6.07) is 6.87. The van der Waals surface area contributed by atoms with Crippen molar-refractivity contribution in [3.8, 4) is 5.69 Å². The van der Waals surface area contributed by atoms with Gasteiger partial charge in [0.2, 0.25) is 0 Å². The van der Waals surface area contributed by atoms with Crippen LogP contribution in [0.2, 0.25) is 0 Å². The van der Waals surface area contributed by atoms with Crippen LogP contribution in [-0.4, -0.2) is 15.6 Å². The minimum absolute atomic E-state index is 0.00902. The third-order valence-corrected chi connectivity index (χ3v) is 4.04. The Bertz CT molecular complexity index is 979. The second-order valence-corrected chi connectivity index (χ2v) is 6.24. The van der Waals surface area contributed by atoms with Crippen LogP contribution in [0.1, 0.15) is 16.7 Å². The molecular formula is C19H14F6N4O. The molecule has 0 saturated carbocycles. The summed E-state index contributed by atoms with van der Waals surface area (Å²) in [5.41, 5.74) is -2.14. The molecule has 0 unspecified atom stereocenters. The smallest absolute Gasteiger partial charge is 0.334 e. The van der Waals surface area contributed by atoms with Crippen molar-refractivity contribution in [3.63, 3.8) is 0 Å². The number of anilines is 1. The van der Waals surface area contributed by atoms with E-state index in [0.717, 1.165) is 5.69 Å². The maximum Gasteiger partial charge on any atom is 0.416 e. The molecule has 158 valence electrons. The summed E-state index contributed by atoms with van der Waals surface area (Å²) in [6.45, 7) is 0.0150. The maximum atomic E-state index is 12.9. The lowest BCUT2D eigenvalue weighted by Gasteiger charge is -2.15. The van der Waals surface area contributed by atoms with Crippen molar-refractivity contribution in [2.45, 2.75) is 18.9 Å². The first-order chi connectivity index (χ1) is 14.0. The van der Waals surface area contributed by atoms with Crippen molar-refractivity contribution < 1.29 is 31.1 Å². The van der Waals surface area contributed by atoms with Gasteiger partial charge in [0, 0.05) is 30.3 Å². The second-order valence-electron chi connectivity index (χ2n) is 6.24. The molecule has 0 spiro atoms. The number of imidazole rings is 1. The molecule has 0 aliphatic heterocycles. The molecule has 1 aromatic heterocycles. The number of carbonyl (C=O) groups excluding carboxylic acids is 1. The monoisotopic (exact) mass is 428 g/mol. The van der Waals surface area contributed by atoms with Gasteiger partial charge in [0.1, 0.15) is 0 Å². The highest BCUT2D eigenvalue weighted by Crippen LogP contribution is 2.37. The SMILES string of the molecule is O=C(NCc1ccc(-n2ccnc2)cc1)Nc1cc(C(F)(F)F)cc(C(F)(F)F)c1. The fraction of sp³-hybridized carbons (Fsp3) is 0.158. The maximum absolute atomic E-state index is 12.9. The zero-order valence-corrected chi connectivity index (χ0v) is 15.1. The van der Waals surface area contributed by atoms with Crippen LogP contribution in [0.15, 0.2) is 61.2 Å². The molecule has 2 N–H and O–H groups in total. The van der Waals surface area contributed by atoms with E-state index in [2.05, 4.69) is 10.3 Å². The Morgan fingerprint density at radius 3 is 2.03 bits per heavy atom. The van der Waals surface area contributed by atoms with E-state index < -0.39 is 35.2 Å². The number of carbonyl (C=O) groups is 1. The van der Waals surface area contributed by atoms with Crippen LogP contribution in [0, 0.1) is 0 Å². The van der Waals surface area contributed by atoms with Crippen LogP contribution in [0.3, 0.4) is 0 Å². The predicted octanol–water partition coefficient (Wildman–Crippen LogP) is 5.23. The van der Waals surface area contributed by atoms with Crippen molar-refractivity contribution in [3.05, 3.63) is 77.9 Å². The van der Waals surface area contributed by atoms with E-state index in [4.69, 9.17) is 0 Å². The standard InChI is InChI=1S/C19H14F6N4O/c20-18(21,22)13-7-14(19(23,24)25)9-15(8-13)28-17(30)27-10-12-1-3-16(4-2-12)29-6-5-26-11-29/h1-9,11H,10H2,(H2,27,28,30). The first kappa shape index (κ1) is 21.2. The summed E-state index contributed by atoms with van der Waals surface area (Å²) < 4.78 is 79.0. The minimum atomic E-state index is -4.99. The molecule has 5 nitrogen and oxygen atoms in total. The number of hydrogen-bond acceptors (Lipinski definition) is 2. The van der Waals surface area contributed by atoms with Crippen LogP contribution in [0.25, 0.3) is 5.69 Å². The molecule has 3 aromatic rings. The van der Waals surface area contributed by atoms with Gasteiger partial charge in [0.25, 0.3) is 0 Å². The number of halogens is 6. The average molecular weight is 428 g/mol. The van der Waals surface area contributed by atoms with Gasteiger partial charge in [0.05, 0.1) is 17.5 Å². The molecule has 0 saturated heterocycles. The van der Waals surface area contributed by atoms with E-state index in [1.165, 1.54) is 0 Å². The van der Waals surface area contributed by atoms with E-state index in [1.54, 1.807) is 47.6 Å². The number of amides is 2. The lowest BCUT2D eigenvalue weighted by Crippen LogP contribution is -2.28. The fourth-order valence-electron chi connectivity index (χ4n) is 2.58. The zero-order chi connectivity index (χ0) is 21.9. The van der Waals surface area contributed by atoms with E-state index in [-0.39, 0.29) is 12.6 Å². The van der Waals surface area contributed by atoms with Crippen molar-refractivity contribution >= 4 is 11.7 Å². The van der Waals surface area contributed by atoms with E-state index in [1.807, 2.05) is 5.32 Å². The van der Waals surface area contributed by atoms with Gasteiger partial charge in [-0.2, -0.15) is 26.3 Å². The van der Waals surface area contributed by atoms with Crippen LogP contribution >= 0.6 is 0 Å². The van der Waals surface area contributed by atoms with Crippen molar-refractivity contribution in [1.82, 2.24) is 14.9 Å². The fourth-order valence-corrected chi connectivity index (χ4v) is 2.58. The molecule has 0 aliphatic rings. The van der Waals surface area contributed by atoms with E-state index in [9.17, 15) is 31.1 Å². The van der Waals surface area contributed by atoms with Crippen LogP contribution in [-0.2, 0) is 18.9 Å². The number of urea groups is 1. The summed E-state index contributed by atoms with van der Waals surface area (Å²) in [5.74, 6) is 0. The minimum Gasteiger partial charge on any atom is -0.334 e. The number of benzene rings is 2. The van der Waals surface area contributed by atoms with Gasteiger partial charge >= 0.3 is 18.4 Å². The lowest BCUT2D eigenvalue weighted by molar-refractivity contribution is -0.143. The highest BCUT2D eigenvalue weighted by atomic mass is 19.4. The number of nitrogens with one attached hydrogen (secondary N) is 2. The topological polar surface area (TPSA) is 59.0 Å². The van der Waals surface area contributed by atoms with Gasteiger partial charge < -0.3 is 15.2 Å². The second kappa shape index (κ2) is 8.09. The van der Waals surface area contributed by atoms with Gasteiger partial charge in [-0.1, -0.05) is 12.1 Å². The molecule has 0 bridgehead atoms. The molecular weight excluding hydrogens is 414 g/mol. The molecule has 1 heterocycles. The van der Waals surface area contributed by atoms with Crippen molar-refractivity contribution in [2.75, 3.05) is 5.32 Å². The van der Waals surface area contributed by atoms with Gasteiger partial charge in [-0.05, 0) is 35.9 Å². The first-order valence-corrected chi connectivity index (χ1v) is 8.44. The van der Waals surface area contributed by atoms with E-state index in [0.29, 0.717) is 17.7 Å². The highest BCUT2D eigenvalue weighted by molar-refractivity contribution is 5.89. The molecule has 30 heavy (non-hydrogen) atoms. The van der Waals surface area contributed by atoms with Crippen molar-refractivity contribution in [1.29, 1.82) is 0 Å². The molecule has 2 aromatic carbocycles.